The largest absolute Gasteiger partial charge is 0.345 e. The van der Waals surface area contributed by atoms with Gasteiger partial charge >= 0.3 is 0 Å². The number of benzene rings is 1. The quantitative estimate of drug-likeness (QED) is 0.841. The van der Waals surface area contributed by atoms with Crippen molar-refractivity contribution < 1.29 is 4.79 Å². The number of pyridine rings is 1. The number of hydrogen-bond donors (Lipinski definition) is 1. The van der Waals surface area contributed by atoms with Gasteiger partial charge in [0.15, 0.2) is 0 Å². The molecule has 1 saturated heterocycles. The van der Waals surface area contributed by atoms with Crippen LogP contribution in [0.25, 0.3) is 0 Å². The normalized spacial score (nSPS) is 15.9. The van der Waals surface area contributed by atoms with Gasteiger partial charge in [-0.15, -0.1) is 0 Å². The van der Waals surface area contributed by atoms with Crippen molar-refractivity contribution in [3.05, 3.63) is 65.5 Å². The molecule has 0 spiro atoms. The molecule has 1 fully saturated rings. The molecule has 2 heterocycles. The third kappa shape index (κ3) is 4.89. The third-order valence-electron chi connectivity index (χ3n) is 4.92. The number of carbonyl (C=O) groups is 1. The summed E-state index contributed by atoms with van der Waals surface area (Å²) < 4.78 is 0. The number of nitrogens with one attached hydrogen (secondary N) is 1. The molecular weight excluding hydrogens is 310 g/mol. The molecule has 0 saturated carbocycles. The number of likely N-dealkylation sites (tertiary alicyclic amines) is 1. The van der Waals surface area contributed by atoms with Gasteiger partial charge in [-0.2, -0.15) is 0 Å². The number of nitrogens with zero attached hydrogens (tertiary/aromatic N) is 2. The van der Waals surface area contributed by atoms with Crippen molar-refractivity contribution >= 4 is 5.91 Å². The van der Waals surface area contributed by atoms with Gasteiger partial charge < -0.3 is 10.2 Å². The molecule has 1 aliphatic rings. The first kappa shape index (κ1) is 17.6. The predicted molar refractivity (Wildman–Crippen MR) is 100 cm³/mol. The molecule has 0 unspecified atom stereocenters. The van der Waals surface area contributed by atoms with E-state index in [0.717, 1.165) is 24.1 Å². The Kier molecular flexibility index (Phi) is 6.18. The zero-order valence-corrected chi connectivity index (χ0v) is 14.9. The number of rotatable bonds is 7. The first-order chi connectivity index (χ1) is 12.2. The lowest BCUT2D eigenvalue weighted by molar-refractivity contribution is -0.121. The number of amides is 1. The van der Waals surface area contributed by atoms with E-state index in [9.17, 15) is 4.79 Å². The van der Waals surface area contributed by atoms with Crippen LogP contribution in [0.3, 0.4) is 0 Å². The summed E-state index contributed by atoms with van der Waals surface area (Å²) in [4.78, 5) is 19.1. The lowest BCUT2D eigenvalue weighted by Crippen LogP contribution is -2.30. The minimum atomic E-state index is -0.122. The molecule has 25 heavy (non-hydrogen) atoms. The van der Waals surface area contributed by atoms with Crippen LogP contribution in [0.1, 0.15) is 48.4 Å². The van der Waals surface area contributed by atoms with E-state index in [0.29, 0.717) is 6.42 Å². The lowest BCUT2D eigenvalue weighted by Gasteiger charge is -2.22. The van der Waals surface area contributed by atoms with Crippen LogP contribution in [0, 0.1) is 6.92 Å². The summed E-state index contributed by atoms with van der Waals surface area (Å²) in [6, 6.07) is 12.1. The van der Waals surface area contributed by atoms with E-state index in [1.807, 2.05) is 24.3 Å². The summed E-state index contributed by atoms with van der Waals surface area (Å²) in [5.41, 5.74) is 3.39. The lowest BCUT2D eigenvalue weighted by atomic mass is 9.95. The second-order valence-corrected chi connectivity index (χ2v) is 6.79. The second kappa shape index (κ2) is 8.77. The predicted octanol–water partition coefficient (Wildman–Crippen LogP) is 3.47. The van der Waals surface area contributed by atoms with Crippen LogP contribution < -0.4 is 5.32 Å². The van der Waals surface area contributed by atoms with Crippen molar-refractivity contribution in [3.63, 3.8) is 0 Å². The maximum absolute atomic E-state index is 12.5. The van der Waals surface area contributed by atoms with E-state index in [4.69, 9.17) is 0 Å². The van der Waals surface area contributed by atoms with E-state index in [2.05, 4.69) is 34.3 Å². The van der Waals surface area contributed by atoms with Crippen molar-refractivity contribution in [2.45, 2.75) is 38.6 Å². The SMILES string of the molecule is Cc1ccccc1[C@@H](NC(=O)CCCN1CCCC1)c1ccncc1. The standard InChI is InChI=1S/C21H27N3O/c1-17-7-2-3-8-19(17)21(18-10-12-22-13-11-18)23-20(25)9-6-16-24-14-4-5-15-24/h2-3,7-8,10-13,21H,4-6,9,14-16H2,1H3,(H,23,25)/t21-/m0/s1. The molecule has 4 heteroatoms. The molecule has 1 amide bonds. The van der Waals surface area contributed by atoms with Gasteiger partial charge in [-0.05, 0) is 74.6 Å². The smallest absolute Gasteiger partial charge is 0.220 e. The highest BCUT2D eigenvalue weighted by Gasteiger charge is 2.19. The molecule has 1 atom stereocenters. The fourth-order valence-corrected chi connectivity index (χ4v) is 3.51. The Balaban J connectivity index is 1.65. The zero-order chi connectivity index (χ0) is 17.5. The summed E-state index contributed by atoms with van der Waals surface area (Å²) in [6.07, 6.45) is 7.64. The molecule has 1 aliphatic heterocycles. The Labute approximate surface area is 150 Å². The van der Waals surface area contributed by atoms with Gasteiger partial charge in [0.25, 0.3) is 0 Å². The Hall–Kier alpha value is -2.20. The van der Waals surface area contributed by atoms with Crippen LogP contribution in [0.4, 0.5) is 0 Å². The van der Waals surface area contributed by atoms with E-state index in [1.54, 1.807) is 12.4 Å². The number of aryl methyl sites for hydroxylation is 1. The fourth-order valence-electron chi connectivity index (χ4n) is 3.51. The number of hydrogen-bond acceptors (Lipinski definition) is 3. The van der Waals surface area contributed by atoms with E-state index in [1.165, 1.54) is 31.5 Å². The van der Waals surface area contributed by atoms with Gasteiger partial charge in [-0.1, -0.05) is 24.3 Å². The van der Waals surface area contributed by atoms with E-state index in [-0.39, 0.29) is 11.9 Å². The van der Waals surface area contributed by atoms with Crippen molar-refractivity contribution in [1.29, 1.82) is 0 Å². The second-order valence-electron chi connectivity index (χ2n) is 6.79. The van der Waals surface area contributed by atoms with Gasteiger partial charge in [-0.3, -0.25) is 9.78 Å². The minimum absolute atomic E-state index is 0.115. The first-order valence-corrected chi connectivity index (χ1v) is 9.21. The Morgan fingerprint density at radius 1 is 1.16 bits per heavy atom. The van der Waals surface area contributed by atoms with E-state index < -0.39 is 0 Å². The fraction of sp³-hybridized carbons (Fsp3) is 0.429. The molecule has 0 bridgehead atoms. The van der Waals surface area contributed by atoms with Gasteiger partial charge in [0.2, 0.25) is 5.91 Å². The molecule has 2 aromatic rings. The molecule has 1 aromatic heterocycles. The average molecular weight is 337 g/mol. The summed E-state index contributed by atoms with van der Waals surface area (Å²) in [7, 11) is 0. The van der Waals surface area contributed by atoms with Crippen LogP contribution >= 0.6 is 0 Å². The first-order valence-electron chi connectivity index (χ1n) is 9.21. The van der Waals surface area contributed by atoms with Crippen molar-refractivity contribution in [2.24, 2.45) is 0 Å². The summed E-state index contributed by atoms with van der Waals surface area (Å²) in [5.74, 6) is 0.115. The minimum Gasteiger partial charge on any atom is -0.345 e. The van der Waals surface area contributed by atoms with Crippen molar-refractivity contribution in [2.75, 3.05) is 19.6 Å². The molecule has 1 N–H and O–H groups in total. The average Bonchev–Trinajstić information content (AvgIpc) is 3.15. The van der Waals surface area contributed by atoms with Crippen LogP contribution in [-0.2, 0) is 4.79 Å². The van der Waals surface area contributed by atoms with Gasteiger partial charge in [0, 0.05) is 18.8 Å². The molecule has 132 valence electrons. The zero-order valence-electron chi connectivity index (χ0n) is 14.9. The highest BCUT2D eigenvalue weighted by atomic mass is 16.1. The maximum Gasteiger partial charge on any atom is 0.220 e. The van der Waals surface area contributed by atoms with Crippen LogP contribution in [0.2, 0.25) is 0 Å². The van der Waals surface area contributed by atoms with Crippen LogP contribution in [-0.4, -0.2) is 35.4 Å². The van der Waals surface area contributed by atoms with Crippen molar-refractivity contribution in [1.82, 2.24) is 15.2 Å². The van der Waals surface area contributed by atoms with Crippen LogP contribution in [0.5, 0.6) is 0 Å². The Morgan fingerprint density at radius 3 is 2.60 bits per heavy atom. The monoisotopic (exact) mass is 337 g/mol. The van der Waals surface area contributed by atoms with Crippen LogP contribution in [0.15, 0.2) is 48.8 Å². The summed E-state index contributed by atoms with van der Waals surface area (Å²) in [5, 5.41) is 3.23. The van der Waals surface area contributed by atoms with Crippen molar-refractivity contribution in [3.8, 4) is 0 Å². The topological polar surface area (TPSA) is 45.2 Å². The summed E-state index contributed by atoms with van der Waals surface area (Å²) in [6.45, 7) is 5.48. The number of aromatic nitrogens is 1. The maximum atomic E-state index is 12.5. The van der Waals surface area contributed by atoms with Gasteiger partial charge in [0.05, 0.1) is 6.04 Å². The van der Waals surface area contributed by atoms with Gasteiger partial charge in [0.1, 0.15) is 0 Å². The molecular formula is C21H27N3O. The molecule has 4 nitrogen and oxygen atoms in total. The highest BCUT2D eigenvalue weighted by Crippen LogP contribution is 2.24. The van der Waals surface area contributed by atoms with Gasteiger partial charge in [-0.25, -0.2) is 0 Å². The summed E-state index contributed by atoms with van der Waals surface area (Å²) >= 11 is 0. The molecule has 1 aromatic carbocycles. The Morgan fingerprint density at radius 2 is 1.88 bits per heavy atom. The third-order valence-corrected chi connectivity index (χ3v) is 4.92. The molecule has 0 aliphatic carbocycles. The number of carbonyl (C=O) groups excluding carboxylic acids is 1. The highest BCUT2D eigenvalue weighted by molar-refractivity contribution is 5.77. The molecule has 0 radical (unpaired) electrons. The molecule has 3 rings (SSSR count). The Bertz CT molecular complexity index is 681. The van der Waals surface area contributed by atoms with E-state index >= 15 is 0 Å².